The van der Waals surface area contributed by atoms with Gasteiger partial charge in [-0.15, -0.1) is 6.42 Å². The van der Waals surface area contributed by atoms with Gasteiger partial charge in [0.25, 0.3) is 5.91 Å². The van der Waals surface area contributed by atoms with Gasteiger partial charge in [-0.25, -0.2) is 0 Å². The average molecular weight is 264 g/mol. The van der Waals surface area contributed by atoms with Crippen molar-refractivity contribution in [3.8, 4) is 18.1 Å². The van der Waals surface area contributed by atoms with Gasteiger partial charge in [-0.3, -0.25) is 4.79 Å². The molecule has 1 aliphatic carbocycles. The van der Waals surface area contributed by atoms with Crippen LogP contribution in [-0.4, -0.2) is 31.0 Å². The Morgan fingerprint density at radius 1 is 1.56 bits per heavy atom. The normalized spacial score (nSPS) is 21.0. The molecule has 0 N–H and O–H groups in total. The molecule has 1 fully saturated rings. The van der Waals surface area contributed by atoms with Crippen LogP contribution in [-0.2, 0) is 0 Å². The van der Waals surface area contributed by atoms with Crippen molar-refractivity contribution in [3.05, 3.63) is 28.8 Å². The first-order chi connectivity index (χ1) is 8.52. The predicted molar refractivity (Wildman–Crippen MR) is 70.8 cm³/mol. The number of hydrogen-bond donors (Lipinski definition) is 0. The van der Waals surface area contributed by atoms with Crippen LogP contribution < -0.4 is 4.74 Å². The van der Waals surface area contributed by atoms with E-state index in [2.05, 4.69) is 5.92 Å². The van der Waals surface area contributed by atoms with Gasteiger partial charge in [0.1, 0.15) is 11.9 Å². The van der Waals surface area contributed by atoms with E-state index in [9.17, 15) is 4.79 Å². The van der Waals surface area contributed by atoms with E-state index in [1.165, 1.54) is 4.90 Å². The molecule has 0 aliphatic heterocycles. The Morgan fingerprint density at radius 3 is 2.78 bits per heavy atom. The van der Waals surface area contributed by atoms with Crippen molar-refractivity contribution >= 4 is 17.5 Å². The molecule has 0 aromatic heterocycles. The minimum Gasteiger partial charge on any atom is -0.489 e. The summed E-state index contributed by atoms with van der Waals surface area (Å²) in [6, 6.07) is 5.08. The van der Waals surface area contributed by atoms with Crippen LogP contribution in [0.25, 0.3) is 0 Å². The molecule has 0 saturated heterocycles. The van der Waals surface area contributed by atoms with E-state index in [1.54, 1.807) is 32.3 Å². The number of benzene rings is 1. The zero-order chi connectivity index (χ0) is 13.3. The van der Waals surface area contributed by atoms with Crippen molar-refractivity contribution in [2.75, 3.05) is 14.1 Å². The molecular formula is C14H14ClNO2. The van der Waals surface area contributed by atoms with Crippen LogP contribution in [0.1, 0.15) is 16.8 Å². The second kappa shape index (κ2) is 4.91. The van der Waals surface area contributed by atoms with Gasteiger partial charge >= 0.3 is 0 Å². The Balaban J connectivity index is 2.11. The lowest BCUT2D eigenvalue weighted by Crippen LogP contribution is -2.21. The zero-order valence-corrected chi connectivity index (χ0v) is 11.1. The number of amides is 1. The van der Waals surface area contributed by atoms with Crippen molar-refractivity contribution in [1.82, 2.24) is 4.90 Å². The molecule has 1 aromatic carbocycles. The number of nitrogens with zero attached hydrogens (tertiary/aromatic N) is 1. The van der Waals surface area contributed by atoms with E-state index in [4.69, 9.17) is 22.8 Å². The molecule has 0 radical (unpaired) electrons. The SMILES string of the molecule is C#CC1CC1Oc1ccc(C(=O)N(C)C)c(Cl)c1. The van der Waals surface area contributed by atoms with E-state index in [1.807, 2.05) is 0 Å². The summed E-state index contributed by atoms with van der Waals surface area (Å²) in [6.45, 7) is 0. The summed E-state index contributed by atoms with van der Waals surface area (Å²) in [5.41, 5.74) is 0.471. The van der Waals surface area contributed by atoms with Crippen LogP contribution >= 0.6 is 11.6 Å². The third kappa shape index (κ3) is 2.60. The first-order valence-electron chi connectivity index (χ1n) is 5.67. The van der Waals surface area contributed by atoms with Gasteiger partial charge < -0.3 is 9.64 Å². The van der Waals surface area contributed by atoms with Crippen LogP contribution in [0.5, 0.6) is 5.75 Å². The van der Waals surface area contributed by atoms with Crippen LogP contribution in [0.2, 0.25) is 5.02 Å². The number of terminal acetylenes is 1. The molecule has 0 bridgehead atoms. The van der Waals surface area contributed by atoms with Gasteiger partial charge in [-0.2, -0.15) is 0 Å². The Labute approximate surface area is 112 Å². The van der Waals surface area contributed by atoms with Gasteiger partial charge in [-0.1, -0.05) is 17.5 Å². The van der Waals surface area contributed by atoms with Crippen molar-refractivity contribution in [2.24, 2.45) is 5.92 Å². The molecule has 2 atom stereocenters. The highest BCUT2D eigenvalue weighted by atomic mass is 35.5. The summed E-state index contributed by atoms with van der Waals surface area (Å²) in [5.74, 6) is 3.38. The maximum Gasteiger partial charge on any atom is 0.254 e. The molecule has 1 aromatic rings. The van der Waals surface area contributed by atoms with Crippen molar-refractivity contribution in [3.63, 3.8) is 0 Å². The number of rotatable bonds is 3. The lowest BCUT2D eigenvalue weighted by Gasteiger charge is -2.12. The Morgan fingerprint density at radius 2 is 2.28 bits per heavy atom. The molecule has 3 nitrogen and oxygen atoms in total. The summed E-state index contributed by atoms with van der Waals surface area (Å²) in [6.07, 6.45) is 6.26. The quantitative estimate of drug-likeness (QED) is 0.784. The van der Waals surface area contributed by atoms with Gasteiger partial charge in [-0.05, 0) is 18.2 Å². The van der Waals surface area contributed by atoms with E-state index >= 15 is 0 Å². The predicted octanol–water partition coefficient (Wildman–Crippen LogP) is 2.44. The fourth-order valence-electron chi connectivity index (χ4n) is 1.64. The molecule has 94 valence electrons. The molecule has 18 heavy (non-hydrogen) atoms. The highest BCUT2D eigenvalue weighted by molar-refractivity contribution is 6.34. The third-order valence-corrected chi connectivity index (χ3v) is 3.12. The summed E-state index contributed by atoms with van der Waals surface area (Å²) < 4.78 is 5.65. The van der Waals surface area contributed by atoms with Gasteiger partial charge in [0.05, 0.1) is 16.5 Å². The number of halogens is 1. The lowest BCUT2D eigenvalue weighted by molar-refractivity contribution is 0.0828. The molecule has 2 rings (SSSR count). The fourth-order valence-corrected chi connectivity index (χ4v) is 1.89. The lowest BCUT2D eigenvalue weighted by atomic mass is 10.2. The minimum absolute atomic E-state index is 0.0847. The number of carbonyl (C=O) groups is 1. The number of carbonyl (C=O) groups excluding carboxylic acids is 1. The maximum atomic E-state index is 11.8. The van der Waals surface area contributed by atoms with Gasteiger partial charge in [0.2, 0.25) is 0 Å². The molecule has 0 heterocycles. The Kier molecular flexibility index (Phi) is 3.49. The third-order valence-electron chi connectivity index (χ3n) is 2.81. The Bertz CT molecular complexity index is 519. The van der Waals surface area contributed by atoms with Crippen LogP contribution in [0.3, 0.4) is 0 Å². The molecule has 1 saturated carbocycles. The zero-order valence-electron chi connectivity index (χ0n) is 10.3. The van der Waals surface area contributed by atoms with Crippen molar-refractivity contribution in [1.29, 1.82) is 0 Å². The van der Waals surface area contributed by atoms with Gasteiger partial charge in [0, 0.05) is 20.5 Å². The standard InChI is InChI=1S/C14H14ClNO2/c1-4-9-7-13(9)18-10-5-6-11(12(15)8-10)14(17)16(2)3/h1,5-6,8-9,13H,7H2,2-3H3. The van der Waals surface area contributed by atoms with Crippen LogP contribution in [0.15, 0.2) is 18.2 Å². The first kappa shape index (κ1) is 12.8. The monoisotopic (exact) mass is 263 g/mol. The largest absolute Gasteiger partial charge is 0.489 e. The molecule has 1 aliphatic rings. The van der Waals surface area contributed by atoms with Crippen LogP contribution in [0, 0.1) is 18.3 Å². The minimum atomic E-state index is -0.125. The van der Waals surface area contributed by atoms with E-state index in [-0.39, 0.29) is 17.9 Å². The topological polar surface area (TPSA) is 29.5 Å². The highest BCUT2D eigenvalue weighted by Crippen LogP contribution is 2.35. The highest BCUT2D eigenvalue weighted by Gasteiger charge is 2.38. The van der Waals surface area contributed by atoms with Crippen molar-refractivity contribution < 1.29 is 9.53 Å². The average Bonchev–Trinajstić information content (AvgIpc) is 3.06. The number of hydrogen-bond acceptors (Lipinski definition) is 2. The van der Waals surface area contributed by atoms with Gasteiger partial charge in [0.15, 0.2) is 0 Å². The summed E-state index contributed by atoms with van der Waals surface area (Å²) >= 11 is 6.07. The smallest absolute Gasteiger partial charge is 0.254 e. The second-order valence-corrected chi connectivity index (χ2v) is 4.91. The molecule has 1 amide bonds. The van der Waals surface area contributed by atoms with Crippen molar-refractivity contribution in [2.45, 2.75) is 12.5 Å². The second-order valence-electron chi connectivity index (χ2n) is 4.51. The number of ether oxygens (including phenoxy) is 1. The summed E-state index contributed by atoms with van der Waals surface area (Å²) in [7, 11) is 3.37. The van der Waals surface area contributed by atoms with E-state index < -0.39 is 0 Å². The molecule has 0 spiro atoms. The maximum absolute atomic E-state index is 11.8. The first-order valence-corrected chi connectivity index (χ1v) is 6.04. The van der Waals surface area contributed by atoms with E-state index in [0.29, 0.717) is 16.3 Å². The van der Waals surface area contributed by atoms with E-state index in [0.717, 1.165) is 6.42 Å². The summed E-state index contributed by atoms with van der Waals surface area (Å²) in [5, 5.41) is 0.393. The molecular weight excluding hydrogens is 250 g/mol. The molecule has 2 unspecified atom stereocenters. The summed E-state index contributed by atoms with van der Waals surface area (Å²) in [4.78, 5) is 13.3. The fraction of sp³-hybridized carbons (Fsp3) is 0.357. The Hall–Kier alpha value is -1.66. The molecule has 4 heteroatoms. The van der Waals surface area contributed by atoms with Crippen LogP contribution in [0.4, 0.5) is 0 Å².